The summed E-state index contributed by atoms with van der Waals surface area (Å²) in [6, 6.07) is 10.5. The highest BCUT2D eigenvalue weighted by Crippen LogP contribution is 2.23. The van der Waals surface area contributed by atoms with Crippen LogP contribution in [0.5, 0.6) is 5.75 Å². The summed E-state index contributed by atoms with van der Waals surface area (Å²) in [5.74, 6) is 0.0954. The molecule has 2 aromatic rings. The molecule has 0 bridgehead atoms. The highest BCUT2D eigenvalue weighted by molar-refractivity contribution is 7.88. The fourth-order valence-corrected chi connectivity index (χ4v) is 2.92. The molecular formula is C17H21N3O4S. The molecule has 0 aliphatic heterocycles. The number of hydrogen-bond donors (Lipinski definition) is 1. The van der Waals surface area contributed by atoms with Gasteiger partial charge in [0.1, 0.15) is 5.75 Å². The first-order chi connectivity index (χ1) is 11.9. The number of benzene rings is 1. The third-order valence-electron chi connectivity index (χ3n) is 3.33. The molecule has 1 heterocycles. The molecule has 7 nitrogen and oxygen atoms in total. The summed E-state index contributed by atoms with van der Waals surface area (Å²) >= 11 is 0. The molecule has 0 saturated heterocycles. The Morgan fingerprint density at radius 1 is 1.24 bits per heavy atom. The highest BCUT2D eigenvalue weighted by atomic mass is 32.2. The Bertz CT molecular complexity index is 810. The van der Waals surface area contributed by atoms with Gasteiger partial charge in [-0.1, -0.05) is 18.2 Å². The SMILES string of the molecule is CCOc1ccccc1NC(=O)CN(Cc1cccnc1)S(C)(=O)=O. The third kappa shape index (κ3) is 5.84. The largest absolute Gasteiger partial charge is 0.492 e. The average molecular weight is 363 g/mol. The second-order valence-corrected chi connectivity index (χ2v) is 7.35. The molecule has 0 saturated carbocycles. The van der Waals surface area contributed by atoms with E-state index in [-0.39, 0.29) is 13.1 Å². The number of amides is 1. The maximum Gasteiger partial charge on any atom is 0.239 e. The maximum absolute atomic E-state index is 12.3. The number of sulfonamides is 1. The van der Waals surface area contributed by atoms with Crippen LogP contribution >= 0.6 is 0 Å². The maximum atomic E-state index is 12.3. The van der Waals surface area contributed by atoms with Gasteiger partial charge in [-0.25, -0.2) is 8.42 Å². The van der Waals surface area contributed by atoms with Crippen LogP contribution < -0.4 is 10.1 Å². The number of ether oxygens (including phenoxy) is 1. The normalized spacial score (nSPS) is 11.3. The van der Waals surface area contributed by atoms with Crippen molar-refractivity contribution >= 4 is 21.6 Å². The minimum absolute atomic E-state index is 0.0766. The topological polar surface area (TPSA) is 88.6 Å². The number of carbonyl (C=O) groups excluding carboxylic acids is 1. The lowest BCUT2D eigenvalue weighted by Crippen LogP contribution is -2.37. The number of pyridine rings is 1. The first-order valence-corrected chi connectivity index (χ1v) is 9.60. The molecule has 2 rings (SSSR count). The van der Waals surface area contributed by atoms with Gasteiger partial charge < -0.3 is 10.1 Å². The molecule has 1 aromatic heterocycles. The first-order valence-electron chi connectivity index (χ1n) is 7.76. The van der Waals surface area contributed by atoms with E-state index in [1.54, 1.807) is 48.8 Å². The molecule has 0 radical (unpaired) electrons. The minimum atomic E-state index is -3.56. The lowest BCUT2D eigenvalue weighted by Gasteiger charge is -2.20. The van der Waals surface area contributed by atoms with Crippen LogP contribution in [0.4, 0.5) is 5.69 Å². The monoisotopic (exact) mass is 363 g/mol. The van der Waals surface area contributed by atoms with Crippen molar-refractivity contribution in [1.82, 2.24) is 9.29 Å². The summed E-state index contributed by atoms with van der Waals surface area (Å²) in [5.41, 5.74) is 1.21. The van der Waals surface area contributed by atoms with Crippen LogP contribution in [0.15, 0.2) is 48.8 Å². The lowest BCUT2D eigenvalue weighted by molar-refractivity contribution is -0.116. The fourth-order valence-electron chi connectivity index (χ4n) is 2.19. The Morgan fingerprint density at radius 2 is 2.00 bits per heavy atom. The van der Waals surface area contributed by atoms with Gasteiger partial charge in [-0.2, -0.15) is 4.31 Å². The van der Waals surface area contributed by atoms with Crippen LogP contribution in [-0.4, -0.2) is 43.0 Å². The number of hydrogen-bond acceptors (Lipinski definition) is 5. The van der Waals surface area contributed by atoms with E-state index in [1.165, 1.54) is 0 Å². The standard InChI is InChI=1S/C17H21N3O4S/c1-3-24-16-9-5-4-8-15(16)19-17(21)13-20(25(2,22)23)12-14-7-6-10-18-11-14/h4-11H,3,12-13H2,1-2H3,(H,19,21). The Balaban J connectivity index is 2.10. The van der Waals surface area contributed by atoms with E-state index in [9.17, 15) is 13.2 Å². The van der Waals surface area contributed by atoms with Crippen LogP contribution in [0.2, 0.25) is 0 Å². The Labute approximate surface area is 147 Å². The van der Waals surface area contributed by atoms with Crippen LogP contribution in [0, 0.1) is 0 Å². The molecule has 8 heteroatoms. The summed E-state index contributed by atoms with van der Waals surface area (Å²) < 4.78 is 30.5. The van der Waals surface area contributed by atoms with Crippen molar-refractivity contribution in [2.75, 3.05) is 24.7 Å². The van der Waals surface area contributed by atoms with Crippen molar-refractivity contribution in [3.05, 3.63) is 54.4 Å². The number of anilines is 1. The van der Waals surface area contributed by atoms with Crippen molar-refractivity contribution in [3.8, 4) is 5.75 Å². The van der Waals surface area contributed by atoms with Crippen molar-refractivity contribution in [2.45, 2.75) is 13.5 Å². The smallest absolute Gasteiger partial charge is 0.239 e. The van der Waals surface area contributed by atoms with Gasteiger partial charge in [0.05, 0.1) is 25.1 Å². The number of para-hydroxylation sites is 2. The molecule has 1 amide bonds. The molecule has 0 unspecified atom stereocenters. The van der Waals surface area contributed by atoms with Gasteiger partial charge in [-0.05, 0) is 30.7 Å². The zero-order chi connectivity index (χ0) is 18.3. The van der Waals surface area contributed by atoms with Gasteiger partial charge in [0.25, 0.3) is 0 Å². The summed E-state index contributed by atoms with van der Waals surface area (Å²) in [5, 5.41) is 2.70. The van der Waals surface area contributed by atoms with Gasteiger partial charge in [0, 0.05) is 18.9 Å². The highest BCUT2D eigenvalue weighted by Gasteiger charge is 2.21. The van der Waals surface area contributed by atoms with E-state index in [4.69, 9.17) is 4.74 Å². The van der Waals surface area contributed by atoms with E-state index >= 15 is 0 Å². The van der Waals surface area contributed by atoms with Gasteiger partial charge >= 0.3 is 0 Å². The third-order valence-corrected chi connectivity index (χ3v) is 4.53. The summed E-state index contributed by atoms with van der Waals surface area (Å²) in [7, 11) is -3.56. The van der Waals surface area contributed by atoms with Gasteiger partial charge in [0.15, 0.2) is 0 Å². The molecule has 25 heavy (non-hydrogen) atoms. The first kappa shape index (κ1) is 18.9. The summed E-state index contributed by atoms with van der Waals surface area (Å²) in [4.78, 5) is 16.3. The second-order valence-electron chi connectivity index (χ2n) is 5.37. The van der Waals surface area contributed by atoms with Gasteiger partial charge in [-0.3, -0.25) is 9.78 Å². The Kier molecular flexibility index (Phi) is 6.49. The number of aromatic nitrogens is 1. The summed E-state index contributed by atoms with van der Waals surface area (Å²) in [6.07, 6.45) is 4.25. The van der Waals surface area contributed by atoms with Crippen molar-refractivity contribution in [1.29, 1.82) is 0 Å². The van der Waals surface area contributed by atoms with E-state index in [0.29, 0.717) is 23.6 Å². The molecule has 0 aliphatic rings. The Hall–Kier alpha value is -2.45. The predicted molar refractivity (Wildman–Crippen MR) is 95.7 cm³/mol. The van der Waals surface area contributed by atoms with Crippen LogP contribution in [0.25, 0.3) is 0 Å². The average Bonchev–Trinajstić information content (AvgIpc) is 2.56. The van der Waals surface area contributed by atoms with E-state index in [1.807, 2.05) is 6.92 Å². The summed E-state index contributed by atoms with van der Waals surface area (Å²) in [6.45, 7) is 2.09. The molecule has 1 N–H and O–H groups in total. The van der Waals surface area contributed by atoms with E-state index in [0.717, 1.165) is 10.6 Å². The molecule has 0 fully saturated rings. The van der Waals surface area contributed by atoms with Gasteiger partial charge in [0.2, 0.25) is 15.9 Å². The van der Waals surface area contributed by atoms with Crippen molar-refractivity contribution in [2.24, 2.45) is 0 Å². The van der Waals surface area contributed by atoms with Gasteiger partial charge in [-0.15, -0.1) is 0 Å². The number of nitrogens with zero attached hydrogens (tertiary/aromatic N) is 2. The molecule has 1 aromatic carbocycles. The molecule has 0 spiro atoms. The van der Waals surface area contributed by atoms with E-state index < -0.39 is 15.9 Å². The van der Waals surface area contributed by atoms with Crippen molar-refractivity contribution < 1.29 is 17.9 Å². The molecule has 0 aliphatic carbocycles. The van der Waals surface area contributed by atoms with Crippen LogP contribution in [0.3, 0.4) is 0 Å². The lowest BCUT2D eigenvalue weighted by atomic mass is 10.3. The van der Waals surface area contributed by atoms with Crippen LogP contribution in [0.1, 0.15) is 12.5 Å². The fraction of sp³-hybridized carbons (Fsp3) is 0.294. The van der Waals surface area contributed by atoms with E-state index in [2.05, 4.69) is 10.3 Å². The Morgan fingerprint density at radius 3 is 2.64 bits per heavy atom. The zero-order valence-electron chi connectivity index (χ0n) is 14.2. The number of nitrogens with one attached hydrogen (secondary N) is 1. The zero-order valence-corrected chi connectivity index (χ0v) is 15.0. The predicted octanol–water partition coefficient (Wildman–Crippen LogP) is 1.88. The minimum Gasteiger partial charge on any atom is -0.492 e. The van der Waals surface area contributed by atoms with Crippen LogP contribution in [-0.2, 0) is 21.4 Å². The number of rotatable bonds is 8. The molecule has 0 atom stereocenters. The van der Waals surface area contributed by atoms with Crippen molar-refractivity contribution in [3.63, 3.8) is 0 Å². The molecule has 134 valence electrons. The quantitative estimate of drug-likeness (QED) is 0.774. The number of carbonyl (C=O) groups is 1. The second kappa shape index (κ2) is 8.59. The molecular weight excluding hydrogens is 342 g/mol.